The second kappa shape index (κ2) is 6.92. The van der Waals surface area contributed by atoms with Crippen LogP contribution < -0.4 is 10.6 Å². The Hall–Kier alpha value is -3.20. The van der Waals surface area contributed by atoms with Crippen molar-refractivity contribution in [1.82, 2.24) is 10.3 Å². The van der Waals surface area contributed by atoms with E-state index in [9.17, 15) is 9.59 Å². The van der Waals surface area contributed by atoms with E-state index in [1.165, 1.54) is 12.3 Å². The molecule has 0 aliphatic carbocycles. The molecule has 0 unspecified atom stereocenters. The van der Waals surface area contributed by atoms with E-state index in [1.807, 2.05) is 26.8 Å². The summed E-state index contributed by atoms with van der Waals surface area (Å²) in [6, 6.07) is 11.5. The summed E-state index contributed by atoms with van der Waals surface area (Å²) < 4.78 is 0. The van der Waals surface area contributed by atoms with Crippen molar-refractivity contribution in [3.05, 3.63) is 59.4 Å². The van der Waals surface area contributed by atoms with Crippen LogP contribution in [0.25, 0.3) is 0 Å². The fourth-order valence-electron chi connectivity index (χ4n) is 1.93. The molecule has 2 rings (SSSR count). The standard InChI is InChI=1S/C18H18N4O2/c1-18(2,3)22-16(23)13-8-9-20-15(10-13)17(24)21-14-6-4-12(11-19)5-7-14/h4-10H,1-3H3,(H,21,24)(H,22,23). The molecule has 0 aliphatic heterocycles. The molecule has 1 aromatic carbocycles. The molecular weight excluding hydrogens is 304 g/mol. The first-order valence-electron chi connectivity index (χ1n) is 7.38. The van der Waals surface area contributed by atoms with Gasteiger partial charge < -0.3 is 10.6 Å². The van der Waals surface area contributed by atoms with Crippen molar-refractivity contribution >= 4 is 17.5 Å². The van der Waals surface area contributed by atoms with Crippen molar-refractivity contribution < 1.29 is 9.59 Å². The highest BCUT2D eigenvalue weighted by atomic mass is 16.2. The summed E-state index contributed by atoms with van der Waals surface area (Å²) in [6.45, 7) is 5.64. The van der Waals surface area contributed by atoms with Gasteiger partial charge in [-0.2, -0.15) is 5.26 Å². The minimum atomic E-state index is -0.426. The Labute approximate surface area is 140 Å². The van der Waals surface area contributed by atoms with Crippen molar-refractivity contribution in [2.75, 3.05) is 5.32 Å². The lowest BCUT2D eigenvalue weighted by Crippen LogP contribution is -2.40. The zero-order valence-corrected chi connectivity index (χ0v) is 13.8. The van der Waals surface area contributed by atoms with Gasteiger partial charge in [0, 0.05) is 23.0 Å². The number of aromatic nitrogens is 1. The first kappa shape index (κ1) is 17.2. The molecule has 6 heteroatoms. The van der Waals surface area contributed by atoms with E-state index in [0.717, 1.165) is 0 Å². The number of nitrogens with zero attached hydrogens (tertiary/aromatic N) is 2. The van der Waals surface area contributed by atoms with Gasteiger partial charge in [-0.05, 0) is 57.2 Å². The number of anilines is 1. The second-order valence-electron chi connectivity index (χ2n) is 6.28. The Bertz CT molecular complexity index is 799. The van der Waals surface area contributed by atoms with Gasteiger partial charge in [0.15, 0.2) is 0 Å². The Kier molecular flexibility index (Phi) is 4.95. The fraction of sp³-hybridized carbons (Fsp3) is 0.222. The molecule has 122 valence electrons. The Morgan fingerprint density at radius 1 is 1.08 bits per heavy atom. The minimum absolute atomic E-state index is 0.140. The Morgan fingerprint density at radius 3 is 2.33 bits per heavy atom. The number of rotatable bonds is 3. The number of amides is 2. The van der Waals surface area contributed by atoms with Gasteiger partial charge in [0.1, 0.15) is 5.69 Å². The van der Waals surface area contributed by atoms with Gasteiger partial charge in [-0.15, -0.1) is 0 Å². The first-order chi connectivity index (χ1) is 11.3. The summed E-state index contributed by atoms with van der Waals surface area (Å²) >= 11 is 0. The first-order valence-corrected chi connectivity index (χ1v) is 7.38. The van der Waals surface area contributed by atoms with Crippen LogP contribution in [0.1, 0.15) is 47.2 Å². The molecular formula is C18H18N4O2. The number of hydrogen-bond donors (Lipinski definition) is 2. The largest absolute Gasteiger partial charge is 0.347 e. The average Bonchev–Trinajstić information content (AvgIpc) is 2.54. The van der Waals surface area contributed by atoms with Crippen LogP contribution >= 0.6 is 0 Å². The number of carbonyl (C=O) groups is 2. The van der Waals surface area contributed by atoms with Crippen LogP contribution in [0.15, 0.2) is 42.6 Å². The molecule has 0 spiro atoms. The third-order valence-corrected chi connectivity index (χ3v) is 3.02. The molecule has 0 radical (unpaired) electrons. The van der Waals surface area contributed by atoms with Gasteiger partial charge in [0.25, 0.3) is 11.8 Å². The lowest BCUT2D eigenvalue weighted by molar-refractivity contribution is 0.0919. The third kappa shape index (κ3) is 4.65. The molecule has 0 saturated carbocycles. The van der Waals surface area contributed by atoms with Crippen molar-refractivity contribution in [3.8, 4) is 6.07 Å². The zero-order chi connectivity index (χ0) is 17.7. The second-order valence-corrected chi connectivity index (χ2v) is 6.28. The lowest BCUT2D eigenvalue weighted by Gasteiger charge is -2.20. The molecule has 0 atom stereocenters. The summed E-state index contributed by atoms with van der Waals surface area (Å²) in [6.07, 6.45) is 1.42. The van der Waals surface area contributed by atoms with Gasteiger partial charge >= 0.3 is 0 Å². The molecule has 1 heterocycles. The van der Waals surface area contributed by atoms with Gasteiger partial charge in [-0.1, -0.05) is 0 Å². The maximum Gasteiger partial charge on any atom is 0.274 e. The van der Waals surface area contributed by atoms with Crippen LogP contribution in [-0.4, -0.2) is 22.3 Å². The maximum absolute atomic E-state index is 12.3. The number of pyridine rings is 1. The van der Waals surface area contributed by atoms with E-state index < -0.39 is 5.91 Å². The van der Waals surface area contributed by atoms with Crippen LogP contribution in [0.4, 0.5) is 5.69 Å². The van der Waals surface area contributed by atoms with E-state index in [4.69, 9.17) is 5.26 Å². The van der Waals surface area contributed by atoms with Crippen molar-refractivity contribution in [1.29, 1.82) is 5.26 Å². The number of benzene rings is 1. The number of nitriles is 1. The monoisotopic (exact) mass is 322 g/mol. The maximum atomic E-state index is 12.3. The van der Waals surface area contributed by atoms with E-state index >= 15 is 0 Å². The van der Waals surface area contributed by atoms with Crippen molar-refractivity contribution in [2.45, 2.75) is 26.3 Å². The van der Waals surface area contributed by atoms with Crippen molar-refractivity contribution in [2.24, 2.45) is 0 Å². The topological polar surface area (TPSA) is 94.9 Å². The van der Waals surface area contributed by atoms with Crippen LogP contribution in [-0.2, 0) is 0 Å². The lowest BCUT2D eigenvalue weighted by atomic mass is 10.1. The molecule has 2 amide bonds. The van der Waals surface area contributed by atoms with Crippen LogP contribution in [0.2, 0.25) is 0 Å². The third-order valence-electron chi connectivity index (χ3n) is 3.02. The quantitative estimate of drug-likeness (QED) is 0.908. The molecule has 1 aromatic heterocycles. The van der Waals surface area contributed by atoms with E-state index in [1.54, 1.807) is 30.3 Å². The minimum Gasteiger partial charge on any atom is -0.347 e. The van der Waals surface area contributed by atoms with Crippen LogP contribution in [0, 0.1) is 11.3 Å². The molecule has 0 aliphatic rings. The summed E-state index contributed by atoms with van der Waals surface area (Å²) in [5.74, 6) is -0.692. The number of carbonyl (C=O) groups excluding carboxylic acids is 2. The van der Waals surface area contributed by atoms with Gasteiger partial charge in [-0.25, -0.2) is 0 Å². The highest BCUT2D eigenvalue weighted by Crippen LogP contribution is 2.11. The Balaban J connectivity index is 2.13. The predicted octanol–water partition coefficient (Wildman–Crippen LogP) is 2.73. The van der Waals surface area contributed by atoms with Gasteiger partial charge in [0.05, 0.1) is 11.6 Å². The summed E-state index contributed by atoms with van der Waals surface area (Å²) in [5.41, 5.74) is 1.19. The SMILES string of the molecule is CC(C)(C)NC(=O)c1ccnc(C(=O)Nc2ccc(C#N)cc2)c1. The molecule has 0 fully saturated rings. The fourth-order valence-corrected chi connectivity index (χ4v) is 1.93. The summed E-state index contributed by atoms with van der Waals surface area (Å²) in [7, 11) is 0. The van der Waals surface area contributed by atoms with Gasteiger partial charge in [-0.3, -0.25) is 14.6 Å². The highest BCUT2D eigenvalue weighted by molar-refractivity contribution is 6.04. The molecule has 2 aromatic rings. The van der Waals surface area contributed by atoms with E-state index in [-0.39, 0.29) is 17.1 Å². The van der Waals surface area contributed by atoms with E-state index in [2.05, 4.69) is 15.6 Å². The average molecular weight is 322 g/mol. The molecule has 0 bridgehead atoms. The number of nitrogens with one attached hydrogen (secondary N) is 2. The summed E-state index contributed by atoms with van der Waals surface area (Å²) in [4.78, 5) is 28.4. The zero-order valence-electron chi connectivity index (χ0n) is 13.8. The van der Waals surface area contributed by atoms with Crippen molar-refractivity contribution in [3.63, 3.8) is 0 Å². The highest BCUT2D eigenvalue weighted by Gasteiger charge is 2.17. The molecule has 0 saturated heterocycles. The Morgan fingerprint density at radius 2 is 1.75 bits per heavy atom. The van der Waals surface area contributed by atoms with E-state index in [0.29, 0.717) is 16.8 Å². The molecule has 24 heavy (non-hydrogen) atoms. The van der Waals surface area contributed by atoms with Crippen LogP contribution in [0.3, 0.4) is 0 Å². The molecule has 2 N–H and O–H groups in total. The smallest absolute Gasteiger partial charge is 0.274 e. The van der Waals surface area contributed by atoms with Crippen LogP contribution in [0.5, 0.6) is 0 Å². The molecule has 6 nitrogen and oxygen atoms in total. The normalized spacial score (nSPS) is 10.6. The predicted molar refractivity (Wildman–Crippen MR) is 90.6 cm³/mol. The van der Waals surface area contributed by atoms with Gasteiger partial charge in [0.2, 0.25) is 0 Å². The number of hydrogen-bond acceptors (Lipinski definition) is 4. The summed E-state index contributed by atoms with van der Waals surface area (Å²) in [5, 5.41) is 14.3.